The highest BCUT2D eigenvalue weighted by atomic mass is 16.6. The normalized spacial score (nSPS) is 21.0. The van der Waals surface area contributed by atoms with E-state index in [0.717, 1.165) is 25.7 Å². The van der Waals surface area contributed by atoms with Gasteiger partial charge >= 0.3 is 6.09 Å². The van der Waals surface area contributed by atoms with Gasteiger partial charge in [0.05, 0.1) is 11.6 Å². The second kappa shape index (κ2) is 5.25. The number of nitrogens with one attached hydrogen (secondary N) is 1. The number of aliphatic hydroxyl groups is 1. The second-order valence-corrected chi connectivity index (χ2v) is 5.91. The van der Waals surface area contributed by atoms with E-state index >= 15 is 0 Å². The maximum atomic E-state index is 11.8. The molecule has 1 unspecified atom stereocenters. The summed E-state index contributed by atoms with van der Waals surface area (Å²) >= 11 is 0. The highest BCUT2D eigenvalue weighted by Gasteiger charge is 2.41. The number of hydrogen-bond acceptors (Lipinski definition) is 3. The van der Waals surface area contributed by atoms with E-state index in [0.29, 0.717) is 6.42 Å². The summed E-state index contributed by atoms with van der Waals surface area (Å²) in [5, 5.41) is 13.0. The maximum absolute atomic E-state index is 11.8. The van der Waals surface area contributed by atoms with E-state index in [1.807, 2.05) is 27.7 Å². The van der Waals surface area contributed by atoms with E-state index in [1.54, 1.807) is 0 Å². The fourth-order valence-electron chi connectivity index (χ4n) is 2.45. The lowest BCUT2D eigenvalue weighted by Gasteiger charge is -2.35. The summed E-state index contributed by atoms with van der Waals surface area (Å²) in [7, 11) is 0. The predicted molar refractivity (Wildman–Crippen MR) is 66.9 cm³/mol. The molecule has 0 aromatic heterocycles. The lowest BCUT2D eigenvalue weighted by molar-refractivity contribution is 0.0211. The van der Waals surface area contributed by atoms with Gasteiger partial charge in [-0.15, -0.1) is 0 Å². The van der Waals surface area contributed by atoms with Gasteiger partial charge in [0.25, 0.3) is 0 Å². The smallest absolute Gasteiger partial charge is 0.408 e. The van der Waals surface area contributed by atoms with Gasteiger partial charge < -0.3 is 15.2 Å². The van der Waals surface area contributed by atoms with E-state index in [2.05, 4.69) is 5.32 Å². The number of ether oxygens (including phenoxy) is 1. The fraction of sp³-hybridized carbons (Fsp3) is 0.923. The van der Waals surface area contributed by atoms with Gasteiger partial charge in [0, 0.05) is 0 Å². The quantitative estimate of drug-likeness (QED) is 0.801. The first-order valence-corrected chi connectivity index (χ1v) is 6.48. The van der Waals surface area contributed by atoms with Crippen LogP contribution in [0.25, 0.3) is 0 Å². The van der Waals surface area contributed by atoms with Crippen LogP contribution in [-0.2, 0) is 4.74 Å². The van der Waals surface area contributed by atoms with Crippen molar-refractivity contribution in [3.63, 3.8) is 0 Å². The van der Waals surface area contributed by atoms with Crippen molar-refractivity contribution < 1.29 is 14.6 Å². The third kappa shape index (κ3) is 3.87. The summed E-state index contributed by atoms with van der Waals surface area (Å²) in [5.74, 6) is 0. The monoisotopic (exact) mass is 243 g/mol. The van der Waals surface area contributed by atoms with Gasteiger partial charge in [0.1, 0.15) is 5.60 Å². The van der Waals surface area contributed by atoms with Crippen LogP contribution >= 0.6 is 0 Å². The summed E-state index contributed by atoms with van der Waals surface area (Å²) in [6, 6.07) is 0. The summed E-state index contributed by atoms with van der Waals surface area (Å²) in [5.41, 5.74) is -0.974. The molecule has 0 bridgehead atoms. The molecule has 1 saturated carbocycles. The van der Waals surface area contributed by atoms with Crippen LogP contribution in [0.15, 0.2) is 0 Å². The molecule has 1 aliphatic rings. The first-order valence-electron chi connectivity index (χ1n) is 6.48. The molecule has 4 heteroatoms. The van der Waals surface area contributed by atoms with Crippen LogP contribution < -0.4 is 5.32 Å². The Kier molecular flexibility index (Phi) is 4.42. The Morgan fingerprint density at radius 1 is 1.41 bits per heavy atom. The molecule has 1 amide bonds. The molecule has 100 valence electrons. The molecule has 1 fully saturated rings. The number of carbonyl (C=O) groups excluding carboxylic acids is 1. The summed E-state index contributed by atoms with van der Waals surface area (Å²) in [4.78, 5) is 11.8. The van der Waals surface area contributed by atoms with Crippen LogP contribution in [0.2, 0.25) is 0 Å². The first-order chi connectivity index (χ1) is 7.79. The summed E-state index contributed by atoms with van der Waals surface area (Å²) in [6.07, 6.45) is 3.50. The zero-order chi connectivity index (χ0) is 13.1. The van der Waals surface area contributed by atoms with E-state index in [9.17, 15) is 9.90 Å². The minimum atomic E-state index is -0.499. The molecule has 2 N–H and O–H groups in total. The van der Waals surface area contributed by atoms with Crippen molar-refractivity contribution in [2.24, 2.45) is 0 Å². The zero-order valence-electron chi connectivity index (χ0n) is 11.4. The minimum absolute atomic E-state index is 0.424. The van der Waals surface area contributed by atoms with Gasteiger partial charge in [-0.25, -0.2) is 4.79 Å². The third-order valence-corrected chi connectivity index (χ3v) is 3.27. The Labute approximate surface area is 104 Å². The Morgan fingerprint density at radius 2 is 1.94 bits per heavy atom. The Hall–Kier alpha value is -0.770. The maximum Gasteiger partial charge on any atom is 0.408 e. The van der Waals surface area contributed by atoms with E-state index in [1.165, 1.54) is 0 Å². The van der Waals surface area contributed by atoms with E-state index in [4.69, 9.17) is 4.74 Å². The predicted octanol–water partition coefficient (Wildman–Crippen LogP) is 2.59. The molecule has 0 aliphatic heterocycles. The largest absolute Gasteiger partial charge is 0.444 e. The van der Waals surface area contributed by atoms with Crippen LogP contribution in [0.1, 0.15) is 59.8 Å². The molecule has 1 aliphatic carbocycles. The number of carbonyl (C=O) groups is 1. The van der Waals surface area contributed by atoms with Gasteiger partial charge in [-0.3, -0.25) is 0 Å². The van der Waals surface area contributed by atoms with Crippen molar-refractivity contribution in [2.75, 3.05) is 0 Å². The standard InChI is InChI=1S/C13H25NO3/c1-5-10(15)13(8-6-7-9-13)14-11(16)17-12(2,3)4/h10,15H,5-9H2,1-4H3,(H,14,16). The topological polar surface area (TPSA) is 58.6 Å². The Balaban J connectivity index is 2.65. The van der Waals surface area contributed by atoms with Gasteiger partial charge in [0.15, 0.2) is 0 Å². The zero-order valence-corrected chi connectivity index (χ0v) is 11.4. The molecule has 0 aromatic carbocycles. The number of amides is 1. The minimum Gasteiger partial charge on any atom is -0.444 e. The molecule has 0 spiro atoms. The van der Waals surface area contributed by atoms with Crippen LogP contribution in [0.3, 0.4) is 0 Å². The van der Waals surface area contributed by atoms with E-state index < -0.39 is 23.3 Å². The van der Waals surface area contributed by atoms with Crippen molar-refractivity contribution in [3.8, 4) is 0 Å². The summed E-state index contributed by atoms with van der Waals surface area (Å²) < 4.78 is 5.26. The van der Waals surface area contributed by atoms with Crippen LogP contribution in [0.4, 0.5) is 4.79 Å². The Morgan fingerprint density at radius 3 is 2.35 bits per heavy atom. The molecule has 1 rings (SSSR count). The summed E-state index contributed by atoms with van der Waals surface area (Å²) in [6.45, 7) is 7.44. The molecule has 0 heterocycles. The van der Waals surface area contributed by atoms with Crippen LogP contribution in [0, 0.1) is 0 Å². The first kappa shape index (κ1) is 14.3. The van der Waals surface area contributed by atoms with Gasteiger partial charge in [-0.05, 0) is 40.0 Å². The Bertz CT molecular complexity index is 264. The van der Waals surface area contributed by atoms with Crippen molar-refractivity contribution in [1.29, 1.82) is 0 Å². The van der Waals surface area contributed by atoms with Crippen molar-refractivity contribution >= 4 is 6.09 Å². The third-order valence-electron chi connectivity index (χ3n) is 3.27. The highest BCUT2D eigenvalue weighted by Crippen LogP contribution is 2.34. The van der Waals surface area contributed by atoms with Gasteiger partial charge in [-0.1, -0.05) is 19.8 Å². The highest BCUT2D eigenvalue weighted by molar-refractivity contribution is 5.69. The molecule has 1 atom stereocenters. The van der Waals surface area contributed by atoms with E-state index in [-0.39, 0.29) is 0 Å². The average Bonchev–Trinajstić information content (AvgIpc) is 2.63. The van der Waals surface area contributed by atoms with Gasteiger partial charge in [-0.2, -0.15) is 0 Å². The molecule has 0 saturated heterocycles. The molecule has 17 heavy (non-hydrogen) atoms. The SMILES string of the molecule is CCC(O)C1(NC(=O)OC(C)(C)C)CCCC1. The molecular formula is C13H25NO3. The lowest BCUT2D eigenvalue weighted by Crippen LogP contribution is -2.55. The number of aliphatic hydroxyl groups excluding tert-OH is 1. The lowest BCUT2D eigenvalue weighted by atomic mass is 9.89. The van der Waals surface area contributed by atoms with Crippen molar-refractivity contribution in [1.82, 2.24) is 5.32 Å². The van der Waals surface area contributed by atoms with Crippen LogP contribution in [0.5, 0.6) is 0 Å². The van der Waals surface area contributed by atoms with Crippen molar-refractivity contribution in [3.05, 3.63) is 0 Å². The second-order valence-electron chi connectivity index (χ2n) is 5.91. The average molecular weight is 243 g/mol. The fourth-order valence-corrected chi connectivity index (χ4v) is 2.45. The molecule has 4 nitrogen and oxygen atoms in total. The molecule has 0 aromatic rings. The molecule has 0 radical (unpaired) electrons. The molecular weight excluding hydrogens is 218 g/mol. The number of alkyl carbamates (subject to hydrolysis) is 1. The van der Waals surface area contributed by atoms with Crippen molar-refractivity contribution in [2.45, 2.75) is 77.0 Å². The van der Waals surface area contributed by atoms with Crippen LogP contribution in [-0.4, -0.2) is 28.4 Å². The number of hydrogen-bond donors (Lipinski definition) is 2. The van der Waals surface area contributed by atoms with Gasteiger partial charge in [0.2, 0.25) is 0 Å². The number of rotatable bonds is 3.